The van der Waals surface area contributed by atoms with Gasteiger partial charge in [-0.15, -0.1) is 22.7 Å². The number of rotatable bonds is 5. The Kier molecular flexibility index (Phi) is 6.13. The van der Waals surface area contributed by atoms with Crippen molar-refractivity contribution in [2.24, 2.45) is 0 Å². The Labute approximate surface area is 179 Å². The summed E-state index contributed by atoms with van der Waals surface area (Å²) in [6.07, 6.45) is 3.57. The van der Waals surface area contributed by atoms with E-state index in [9.17, 15) is 9.18 Å². The number of aryl methyl sites for hydroxylation is 1. The number of nitrogens with one attached hydrogen (secondary N) is 1. The smallest absolute Gasteiger partial charge is 0.266 e. The Morgan fingerprint density at radius 1 is 1.10 bits per heavy atom. The third-order valence-electron chi connectivity index (χ3n) is 5.62. The Hall–Kier alpha value is -2.02. The molecule has 0 spiro atoms. The van der Waals surface area contributed by atoms with Crippen molar-refractivity contribution in [1.82, 2.24) is 4.90 Å². The van der Waals surface area contributed by atoms with Crippen LogP contribution < -0.4 is 5.32 Å². The van der Waals surface area contributed by atoms with E-state index in [1.165, 1.54) is 40.3 Å². The van der Waals surface area contributed by atoms with E-state index in [0.717, 1.165) is 42.1 Å². The molecule has 2 aromatic heterocycles. The summed E-state index contributed by atoms with van der Waals surface area (Å²) in [5.41, 5.74) is 3.42. The van der Waals surface area contributed by atoms with Crippen LogP contribution in [0.3, 0.4) is 0 Å². The van der Waals surface area contributed by atoms with Crippen molar-refractivity contribution in [1.29, 1.82) is 0 Å². The number of thiophene rings is 2. The predicted octanol–water partition coefficient (Wildman–Crippen LogP) is 6.39. The van der Waals surface area contributed by atoms with Crippen LogP contribution in [0, 0.1) is 19.7 Å². The molecule has 1 aromatic carbocycles. The monoisotopic (exact) mass is 428 g/mol. The number of piperidine rings is 1. The number of carbonyl (C=O) groups is 1. The molecule has 4 rings (SSSR count). The fraction of sp³-hybridized carbons (Fsp3) is 0.348. The molecule has 0 saturated carbocycles. The third kappa shape index (κ3) is 4.29. The van der Waals surface area contributed by atoms with Crippen molar-refractivity contribution in [3.05, 3.63) is 74.0 Å². The maximum atomic E-state index is 13.6. The molecule has 1 aliphatic heterocycles. The average Bonchev–Trinajstić information content (AvgIpc) is 3.35. The summed E-state index contributed by atoms with van der Waals surface area (Å²) in [6, 6.07) is 10.6. The number of hydrogen-bond donors (Lipinski definition) is 1. The number of benzene rings is 1. The first kappa shape index (κ1) is 20.3. The lowest BCUT2D eigenvalue weighted by atomic mass is 9.93. The summed E-state index contributed by atoms with van der Waals surface area (Å²) in [4.78, 5) is 17.2. The van der Waals surface area contributed by atoms with Crippen molar-refractivity contribution >= 4 is 33.6 Å². The lowest BCUT2D eigenvalue weighted by molar-refractivity contribution is 0.103. The Morgan fingerprint density at radius 2 is 1.83 bits per heavy atom. The van der Waals surface area contributed by atoms with Gasteiger partial charge >= 0.3 is 0 Å². The third-order valence-corrected chi connectivity index (χ3v) is 7.63. The molecule has 6 heteroatoms. The van der Waals surface area contributed by atoms with Crippen LogP contribution in [0.4, 0.5) is 9.39 Å². The molecule has 1 atom stereocenters. The maximum Gasteiger partial charge on any atom is 0.266 e. The lowest BCUT2D eigenvalue weighted by Crippen LogP contribution is -2.35. The van der Waals surface area contributed by atoms with Crippen LogP contribution in [0.1, 0.15) is 56.5 Å². The fourth-order valence-electron chi connectivity index (χ4n) is 4.02. The summed E-state index contributed by atoms with van der Waals surface area (Å²) >= 11 is 3.07. The van der Waals surface area contributed by atoms with E-state index in [0.29, 0.717) is 4.88 Å². The first-order chi connectivity index (χ1) is 14.0. The average molecular weight is 429 g/mol. The minimum Gasteiger partial charge on any atom is -0.313 e. The zero-order valence-corrected chi connectivity index (χ0v) is 18.3. The zero-order valence-electron chi connectivity index (χ0n) is 16.7. The van der Waals surface area contributed by atoms with Gasteiger partial charge in [-0.2, -0.15) is 0 Å². The van der Waals surface area contributed by atoms with Gasteiger partial charge in [-0.05, 0) is 74.5 Å². The molecular weight excluding hydrogens is 403 g/mol. The topological polar surface area (TPSA) is 32.3 Å². The van der Waals surface area contributed by atoms with Gasteiger partial charge in [0.05, 0.1) is 10.9 Å². The standard InChI is InChI=1S/C23H25FN2OS2/c1-15-16(2)29-23(25-22(27)19-7-6-14-28-19)20(15)21(26-12-4-3-5-13-26)17-8-10-18(24)11-9-17/h6-11,14,21H,3-5,12-13H2,1-2H3,(H,25,27). The molecule has 1 saturated heterocycles. The first-order valence-corrected chi connectivity index (χ1v) is 11.7. The van der Waals surface area contributed by atoms with E-state index in [4.69, 9.17) is 0 Å². The van der Waals surface area contributed by atoms with Gasteiger partial charge in [0.2, 0.25) is 0 Å². The van der Waals surface area contributed by atoms with E-state index in [1.807, 2.05) is 29.6 Å². The number of hydrogen-bond acceptors (Lipinski definition) is 4. The van der Waals surface area contributed by atoms with Gasteiger partial charge < -0.3 is 5.32 Å². The molecule has 1 aliphatic rings. The van der Waals surface area contributed by atoms with E-state index < -0.39 is 0 Å². The maximum absolute atomic E-state index is 13.6. The zero-order chi connectivity index (χ0) is 20.4. The van der Waals surface area contributed by atoms with E-state index >= 15 is 0 Å². The minimum absolute atomic E-state index is 0.0134. The summed E-state index contributed by atoms with van der Waals surface area (Å²) in [5, 5.41) is 5.98. The number of likely N-dealkylation sites (tertiary alicyclic amines) is 1. The number of amides is 1. The van der Waals surface area contributed by atoms with Gasteiger partial charge in [-0.3, -0.25) is 9.69 Å². The van der Waals surface area contributed by atoms with Gasteiger partial charge in [-0.1, -0.05) is 24.6 Å². The van der Waals surface area contributed by atoms with Crippen LogP contribution in [0.15, 0.2) is 41.8 Å². The van der Waals surface area contributed by atoms with E-state index in [2.05, 4.69) is 24.1 Å². The molecule has 1 N–H and O–H groups in total. The second kappa shape index (κ2) is 8.78. The van der Waals surface area contributed by atoms with Crippen molar-refractivity contribution in [3.8, 4) is 0 Å². The molecule has 0 bridgehead atoms. The molecule has 3 nitrogen and oxygen atoms in total. The van der Waals surface area contributed by atoms with Crippen LogP contribution in [-0.4, -0.2) is 23.9 Å². The Bertz CT molecular complexity index is 973. The summed E-state index contributed by atoms with van der Waals surface area (Å²) < 4.78 is 13.6. The highest BCUT2D eigenvalue weighted by Crippen LogP contribution is 2.43. The van der Waals surface area contributed by atoms with E-state index in [1.54, 1.807) is 11.3 Å². The predicted molar refractivity (Wildman–Crippen MR) is 120 cm³/mol. The van der Waals surface area contributed by atoms with E-state index in [-0.39, 0.29) is 17.8 Å². The Morgan fingerprint density at radius 3 is 2.48 bits per heavy atom. The van der Waals surface area contributed by atoms with Crippen molar-refractivity contribution in [2.75, 3.05) is 18.4 Å². The van der Waals surface area contributed by atoms with Crippen LogP contribution >= 0.6 is 22.7 Å². The van der Waals surface area contributed by atoms with Gasteiger partial charge in [0.15, 0.2) is 0 Å². The molecule has 0 radical (unpaired) electrons. The van der Waals surface area contributed by atoms with Crippen molar-refractivity contribution in [3.63, 3.8) is 0 Å². The first-order valence-electron chi connectivity index (χ1n) is 9.99. The largest absolute Gasteiger partial charge is 0.313 e. The molecule has 1 unspecified atom stereocenters. The van der Waals surface area contributed by atoms with Gasteiger partial charge in [0, 0.05) is 10.4 Å². The van der Waals surface area contributed by atoms with Gasteiger partial charge in [-0.25, -0.2) is 4.39 Å². The number of halogens is 1. The van der Waals surface area contributed by atoms with Gasteiger partial charge in [0.1, 0.15) is 10.8 Å². The normalized spacial score (nSPS) is 16.0. The molecule has 3 heterocycles. The van der Waals surface area contributed by atoms with Gasteiger partial charge in [0.25, 0.3) is 5.91 Å². The molecule has 1 fully saturated rings. The molecule has 1 amide bonds. The van der Waals surface area contributed by atoms with Crippen molar-refractivity contribution < 1.29 is 9.18 Å². The SMILES string of the molecule is Cc1sc(NC(=O)c2cccs2)c(C(c2ccc(F)cc2)N2CCCCC2)c1C. The Balaban J connectivity index is 1.77. The van der Waals surface area contributed by atoms with Crippen LogP contribution in [0.5, 0.6) is 0 Å². The molecule has 29 heavy (non-hydrogen) atoms. The molecule has 3 aromatic rings. The summed E-state index contributed by atoms with van der Waals surface area (Å²) in [7, 11) is 0. The van der Waals surface area contributed by atoms with Crippen LogP contribution in [0.2, 0.25) is 0 Å². The number of carbonyl (C=O) groups excluding carboxylic acids is 1. The molecule has 152 valence electrons. The fourth-order valence-corrected chi connectivity index (χ4v) is 5.73. The quantitative estimate of drug-likeness (QED) is 0.510. The lowest BCUT2D eigenvalue weighted by Gasteiger charge is -2.36. The minimum atomic E-state index is -0.226. The summed E-state index contributed by atoms with van der Waals surface area (Å²) in [5.74, 6) is -0.297. The number of nitrogens with zero attached hydrogens (tertiary/aromatic N) is 1. The number of anilines is 1. The molecule has 0 aliphatic carbocycles. The summed E-state index contributed by atoms with van der Waals surface area (Å²) in [6.45, 7) is 6.24. The second-order valence-electron chi connectivity index (χ2n) is 7.51. The van der Waals surface area contributed by atoms with Crippen molar-refractivity contribution in [2.45, 2.75) is 39.2 Å². The second-order valence-corrected chi connectivity index (χ2v) is 9.68. The highest BCUT2D eigenvalue weighted by atomic mass is 32.1. The highest BCUT2D eigenvalue weighted by molar-refractivity contribution is 7.17. The highest BCUT2D eigenvalue weighted by Gasteiger charge is 2.30. The van der Waals surface area contributed by atoms with Crippen LogP contribution in [-0.2, 0) is 0 Å². The van der Waals surface area contributed by atoms with Crippen LogP contribution in [0.25, 0.3) is 0 Å². The molecular formula is C23H25FN2OS2.